The highest BCUT2D eigenvalue weighted by Gasteiger charge is 2.77. The lowest BCUT2D eigenvalue weighted by molar-refractivity contribution is -0.144. The summed E-state index contributed by atoms with van der Waals surface area (Å²) in [5.74, 6) is -1.98. The maximum absolute atomic E-state index is 14.6. The van der Waals surface area contributed by atoms with Gasteiger partial charge in [0.1, 0.15) is 18.2 Å². The standard InChI is InChI=1S/C32H36N6O4S/c1-4-17-35(21-38-24-14-10-9-13-23(24)33-34-38)30(42)27-32-16-15-31(3,43-32)25(26(32)29(41)37(27)19-20-39)28(40)36(18-5-2)22-11-7-6-8-12-22/h4-14,25-27,39H,1-2,15-21H2,3H3/t25-,26+,27?,31+,32?/m1/s1. The lowest BCUT2D eigenvalue weighted by Gasteiger charge is -2.38. The first-order chi connectivity index (χ1) is 20.8. The Bertz CT molecular complexity index is 1580. The number of nitrogens with zero attached hydrogens (tertiary/aromatic N) is 6. The fraction of sp³-hybridized carbons (Fsp3) is 0.406. The van der Waals surface area contributed by atoms with Crippen molar-refractivity contribution in [1.82, 2.24) is 24.8 Å². The van der Waals surface area contributed by atoms with Gasteiger partial charge in [-0.1, -0.05) is 47.7 Å². The van der Waals surface area contributed by atoms with Crippen LogP contribution in [0.5, 0.6) is 0 Å². The van der Waals surface area contributed by atoms with Gasteiger partial charge in [-0.2, -0.15) is 0 Å². The first kappa shape index (κ1) is 29.1. The zero-order valence-electron chi connectivity index (χ0n) is 24.2. The van der Waals surface area contributed by atoms with Gasteiger partial charge in [-0.05, 0) is 44.0 Å². The van der Waals surface area contributed by atoms with Gasteiger partial charge in [0, 0.05) is 30.1 Å². The van der Waals surface area contributed by atoms with Gasteiger partial charge in [-0.15, -0.1) is 30.0 Å². The van der Waals surface area contributed by atoms with Crippen LogP contribution in [-0.2, 0) is 21.1 Å². The number of thioether (sulfide) groups is 1. The number of benzene rings is 2. The van der Waals surface area contributed by atoms with Gasteiger partial charge in [0.05, 0.1) is 28.7 Å². The molecule has 3 fully saturated rings. The molecule has 224 valence electrons. The SMILES string of the molecule is C=CCN(Cn1nnc2ccccc21)C(=O)C1N(CCO)C(=O)[C@@H]2[C@H](C(=O)N(CC=C)c3ccccc3)[C@]3(C)CCC12S3. The Morgan fingerprint density at radius 3 is 2.51 bits per heavy atom. The Labute approximate surface area is 255 Å². The van der Waals surface area contributed by atoms with Crippen molar-refractivity contribution in [3.63, 3.8) is 0 Å². The van der Waals surface area contributed by atoms with Crippen LogP contribution in [0.25, 0.3) is 11.0 Å². The Hall–Kier alpha value is -3.96. The van der Waals surface area contributed by atoms with E-state index >= 15 is 0 Å². The first-order valence-corrected chi connectivity index (χ1v) is 15.4. The van der Waals surface area contributed by atoms with Crippen molar-refractivity contribution in [2.75, 3.05) is 31.1 Å². The van der Waals surface area contributed by atoms with Crippen molar-refractivity contribution in [1.29, 1.82) is 0 Å². The summed E-state index contributed by atoms with van der Waals surface area (Å²) in [4.78, 5) is 48.2. The van der Waals surface area contributed by atoms with Crippen LogP contribution >= 0.6 is 11.8 Å². The van der Waals surface area contributed by atoms with Gasteiger partial charge >= 0.3 is 0 Å². The van der Waals surface area contributed by atoms with Crippen LogP contribution in [-0.4, -0.2) is 89.4 Å². The van der Waals surface area contributed by atoms with E-state index in [-0.39, 0.29) is 44.1 Å². The molecule has 10 nitrogen and oxygen atoms in total. The number of fused-ring (bicyclic) bond motifs is 2. The number of para-hydroxylation sites is 2. The zero-order chi connectivity index (χ0) is 30.4. The summed E-state index contributed by atoms with van der Waals surface area (Å²) >= 11 is 1.61. The van der Waals surface area contributed by atoms with Crippen LogP contribution in [0.2, 0.25) is 0 Å². The number of β-amino-alcohol motifs (C(OH)–C–C–N with tert-alkyl or cyclic N) is 1. The number of aliphatic hydroxyl groups excluding tert-OH is 1. The molecule has 2 bridgehead atoms. The minimum Gasteiger partial charge on any atom is -0.395 e. The summed E-state index contributed by atoms with van der Waals surface area (Å²) in [5.41, 5.74) is 2.24. The van der Waals surface area contributed by atoms with E-state index in [0.717, 1.165) is 11.2 Å². The number of carbonyl (C=O) groups excluding carboxylic acids is 3. The van der Waals surface area contributed by atoms with Crippen molar-refractivity contribution in [3.8, 4) is 0 Å². The molecule has 2 aromatic carbocycles. The van der Waals surface area contributed by atoms with Gasteiger partial charge in [-0.3, -0.25) is 14.4 Å². The molecule has 2 unspecified atom stereocenters. The van der Waals surface area contributed by atoms with E-state index in [4.69, 9.17) is 0 Å². The summed E-state index contributed by atoms with van der Waals surface area (Å²) in [6.07, 6.45) is 4.65. The molecule has 0 radical (unpaired) electrons. The molecule has 1 spiro atoms. The van der Waals surface area contributed by atoms with Crippen LogP contribution in [0.15, 0.2) is 79.9 Å². The molecule has 11 heteroatoms. The molecule has 1 aromatic heterocycles. The van der Waals surface area contributed by atoms with Crippen LogP contribution in [0.1, 0.15) is 19.8 Å². The van der Waals surface area contributed by atoms with Gasteiger partial charge in [0.25, 0.3) is 0 Å². The third-order valence-corrected chi connectivity index (χ3v) is 11.1. The van der Waals surface area contributed by atoms with Crippen molar-refractivity contribution in [2.45, 2.75) is 42.0 Å². The van der Waals surface area contributed by atoms with Crippen LogP contribution in [0.3, 0.4) is 0 Å². The topological polar surface area (TPSA) is 112 Å². The number of carbonyl (C=O) groups is 3. The molecule has 3 amide bonds. The third-order valence-electron chi connectivity index (χ3n) is 9.15. The minimum absolute atomic E-state index is 0.00885. The fourth-order valence-electron chi connectivity index (χ4n) is 7.39. The molecule has 3 aliphatic heterocycles. The molecule has 3 aromatic rings. The number of anilines is 1. The fourth-order valence-corrected chi connectivity index (χ4v) is 9.73. The van der Waals surface area contributed by atoms with Crippen molar-refractivity contribution >= 4 is 46.2 Å². The maximum Gasteiger partial charge on any atom is 0.248 e. The number of likely N-dealkylation sites (tertiary alicyclic amines) is 1. The molecule has 3 saturated heterocycles. The van der Waals surface area contributed by atoms with E-state index in [0.29, 0.717) is 24.9 Å². The summed E-state index contributed by atoms with van der Waals surface area (Å²) in [7, 11) is 0. The average Bonchev–Trinajstić information content (AvgIpc) is 3.71. The Kier molecular flexibility index (Phi) is 7.64. The van der Waals surface area contributed by atoms with Gasteiger partial charge < -0.3 is 19.8 Å². The largest absolute Gasteiger partial charge is 0.395 e. The van der Waals surface area contributed by atoms with E-state index in [1.807, 2.05) is 54.6 Å². The summed E-state index contributed by atoms with van der Waals surface area (Å²) in [5, 5.41) is 18.5. The number of aliphatic hydroxyl groups is 1. The van der Waals surface area contributed by atoms with E-state index in [2.05, 4.69) is 30.4 Å². The highest BCUT2D eigenvalue weighted by Crippen LogP contribution is 2.71. The molecule has 6 rings (SSSR count). The second kappa shape index (κ2) is 11.3. The quantitative estimate of drug-likeness (QED) is 0.337. The number of hydrogen-bond donors (Lipinski definition) is 1. The molecule has 0 saturated carbocycles. The molecule has 1 N–H and O–H groups in total. The van der Waals surface area contributed by atoms with E-state index in [1.165, 1.54) is 4.90 Å². The predicted octanol–water partition coefficient (Wildman–Crippen LogP) is 3.10. The highest BCUT2D eigenvalue weighted by molar-refractivity contribution is 8.02. The van der Waals surface area contributed by atoms with Crippen molar-refractivity contribution < 1.29 is 19.5 Å². The average molecular weight is 601 g/mol. The van der Waals surface area contributed by atoms with Gasteiger partial charge in [0.2, 0.25) is 17.7 Å². The van der Waals surface area contributed by atoms with Gasteiger partial charge in [-0.25, -0.2) is 4.68 Å². The second-order valence-corrected chi connectivity index (χ2v) is 13.5. The molecule has 43 heavy (non-hydrogen) atoms. The van der Waals surface area contributed by atoms with Crippen molar-refractivity contribution in [3.05, 3.63) is 79.9 Å². The number of hydrogen-bond acceptors (Lipinski definition) is 7. The van der Waals surface area contributed by atoms with Crippen molar-refractivity contribution in [2.24, 2.45) is 11.8 Å². The molecule has 5 atom stereocenters. The minimum atomic E-state index is -0.846. The third kappa shape index (κ3) is 4.56. The molecular formula is C32H36N6O4S. The van der Waals surface area contributed by atoms with Gasteiger partial charge in [0.15, 0.2) is 0 Å². The first-order valence-electron chi connectivity index (χ1n) is 14.6. The number of aromatic nitrogens is 3. The van der Waals surface area contributed by atoms with E-state index < -0.39 is 27.4 Å². The Balaban J connectivity index is 1.38. The smallest absolute Gasteiger partial charge is 0.248 e. The molecule has 3 aliphatic rings. The molecule has 0 aliphatic carbocycles. The highest BCUT2D eigenvalue weighted by atomic mass is 32.2. The van der Waals surface area contributed by atoms with Crippen LogP contribution in [0.4, 0.5) is 5.69 Å². The number of amides is 3. The number of rotatable bonds is 11. The monoisotopic (exact) mass is 600 g/mol. The normalized spacial score (nSPS) is 27.3. The Morgan fingerprint density at radius 1 is 1.07 bits per heavy atom. The molecular weight excluding hydrogens is 564 g/mol. The lowest BCUT2D eigenvalue weighted by Crippen LogP contribution is -2.55. The summed E-state index contributed by atoms with van der Waals surface area (Å²) in [6.45, 7) is 10.2. The lowest BCUT2D eigenvalue weighted by atomic mass is 9.66. The van der Waals surface area contributed by atoms with Crippen LogP contribution < -0.4 is 4.90 Å². The Morgan fingerprint density at radius 2 is 1.79 bits per heavy atom. The second-order valence-electron chi connectivity index (χ2n) is 11.6. The summed E-state index contributed by atoms with van der Waals surface area (Å²) < 4.78 is 0.332. The predicted molar refractivity (Wildman–Crippen MR) is 166 cm³/mol. The maximum atomic E-state index is 14.6. The van der Waals surface area contributed by atoms with E-state index in [9.17, 15) is 19.5 Å². The molecule has 4 heterocycles. The summed E-state index contributed by atoms with van der Waals surface area (Å²) in [6, 6.07) is 16.1. The van der Waals surface area contributed by atoms with E-state index in [1.54, 1.807) is 38.4 Å². The zero-order valence-corrected chi connectivity index (χ0v) is 25.0. The van der Waals surface area contributed by atoms with Crippen LogP contribution in [0, 0.1) is 11.8 Å².